The second kappa shape index (κ2) is 6.92. The zero-order valence-corrected chi connectivity index (χ0v) is 14.0. The number of ether oxygens (including phenoxy) is 1. The molecule has 3 nitrogen and oxygen atoms in total. The largest absolute Gasteiger partial charge is 0.494 e. The van der Waals surface area contributed by atoms with Gasteiger partial charge >= 0.3 is 0 Å². The average molecular weight is 321 g/mol. The van der Waals surface area contributed by atoms with E-state index in [1.165, 1.54) is 29.0 Å². The Morgan fingerprint density at radius 2 is 2.09 bits per heavy atom. The summed E-state index contributed by atoms with van der Waals surface area (Å²) in [5.41, 5.74) is 1.76. The molecule has 0 aliphatic rings. The first kappa shape index (κ1) is 16.5. The predicted octanol–water partition coefficient (Wildman–Crippen LogP) is 3.93. The maximum absolute atomic E-state index is 13.6. The summed E-state index contributed by atoms with van der Waals surface area (Å²) in [5, 5.41) is 2.96. The van der Waals surface area contributed by atoms with Gasteiger partial charge in [0, 0.05) is 9.75 Å². The molecule has 0 saturated carbocycles. The predicted molar refractivity (Wildman–Crippen MR) is 87.0 cm³/mol. The second-order valence-corrected chi connectivity index (χ2v) is 6.76. The number of nitrogens with one attached hydrogen (secondary N) is 1. The fourth-order valence-corrected chi connectivity index (χ4v) is 3.48. The van der Waals surface area contributed by atoms with E-state index < -0.39 is 5.82 Å². The summed E-state index contributed by atoms with van der Waals surface area (Å²) in [4.78, 5) is 14.6. The zero-order chi connectivity index (χ0) is 16.3. The molecule has 5 heteroatoms. The summed E-state index contributed by atoms with van der Waals surface area (Å²) in [6, 6.07) is 6.61. The number of rotatable bonds is 5. The van der Waals surface area contributed by atoms with Crippen molar-refractivity contribution in [2.45, 2.75) is 33.2 Å². The molecule has 0 spiro atoms. The van der Waals surface area contributed by atoms with Crippen molar-refractivity contribution in [3.63, 3.8) is 0 Å². The van der Waals surface area contributed by atoms with E-state index in [1.54, 1.807) is 17.4 Å². The van der Waals surface area contributed by atoms with E-state index in [2.05, 4.69) is 25.2 Å². The fraction of sp³-hybridized carbons (Fsp3) is 0.353. The molecule has 0 fully saturated rings. The van der Waals surface area contributed by atoms with Crippen LogP contribution in [0.15, 0.2) is 24.3 Å². The van der Waals surface area contributed by atoms with Crippen LogP contribution >= 0.6 is 11.3 Å². The number of aryl methyl sites for hydroxylation is 2. The Bertz CT molecular complexity index is 681. The van der Waals surface area contributed by atoms with Gasteiger partial charge < -0.3 is 10.1 Å². The van der Waals surface area contributed by atoms with Gasteiger partial charge in [0.25, 0.3) is 0 Å². The van der Waals surface area contributed by atoms with Crippen molar-refractivity contribution in [2.75, 3.05) is 7.11 Å². The van der Waals surface area contributed by atoms with Crippen LogP contribution < -0.4 is 10.1 Å². The highest BCUT2D eigenvalue weighted by Gasteiger charge is 2.14. The molecule has 0 aliphatic carbocycles. The van der Waals surface area contributed by atoms with Crippen molar-refractivity contribution in [3.05, 3.63) is 51.0 Å². The minimum atomic E-state index is -0.454. The van der Waals surface area contributed by atoms with E-state index in [0.29, 0.717) is 5.56 Å². The molecule has 0 saturated heterocycles. The molecular formula is C17H20FNO2S. The monoisotopic (exact) mass is 321 g/mol. The third-order valence-electron chi connectivity index (χ3n) is 3.50. The van der Waals surface area contributed by atoms with Crippen LogP contribution in [0.3, 0.4) is 0 Å². The Hall–Kier alpha value is -1.88. The lowest BCUT2D eigenvalue weighted by molar-refractivity contribution is -0.121. The van der Waals surface area contributed by atoms with Gasteiger partial charge in [-0.15, -0.1) is 11.3 Å². The number of hydrogen-bond acceptors (Lipinski definition) is 3. The van der Waals surface area contributed by atoms with Crippen LogP contribution in [0.1, 0.15) is 33.8 Å². The third kappa shape index (κ3) is 3.85. The number of amides is 1. The van der Waals surface area contributed by atoms with Gasteiger partial charge in [-0.2, -0.15) is 0 Å². The number of benzene rings is 1. The van der Waals surface area contributed by atoms with Crippen molar-refractivity contribution in [2.24, 2.45) is 0 Å². The third-order valence-corrected chi connectivity index (χ3v) is 4.49. The molecule has 1 heterocycles. The van der Waals surface area contributed by atoms with Gasteiger partial charge in [0.05, 0.1) is 19.6 Å². The molecule has 1 N–H and O–H groups in total. The Balaban J connectivity index is 2.01. The first-order valence-electron chi connectivity index (χ1n) is 7.09. The van der Waals surface area contributed by atoms with Crippen LogP contribution in [0, 0.1) is 19.7 Å². The summed E-state index contributed by atoms with van der Waals surface area (Å²) >= 11 is 1.72. The van der Waals surface area contributed by atoms with Crippen molar-refractivity contribution in [1.29, 1.82) is 0 Å². The summed E-state index contributed by atoms with van der Waals surface area (Å²) < 4.78 is 18.5. The van der Waals surface area contributed by atoms with Gasteiger partial charge in [-0.3, -0.25) is 4.79 Å². The molecule has 1 aromatic carbocycles. The summed E-state index contributed by atoms with van der Waals surface area (Å²) in [7, 11) is 1.41. The number of methoxy groups -OCH3 is 1. The van der Waals surface area contributed by atoms with Crippen molar-refractivity contribution < 1.29 is 13.9 Å². The molecule has 2 aromatic rings. The van der Waals surface area contributed by atoms with Crippen LogP contribution in [0.25, 0.3) is 0 Å². The molecule has 1 atom stereocenters. The summed E-state index contributed by atoms with van der Waals surface area (Å²) in [5.74, 6) is -0.396. The highest BCUT2D eigenvalue weighted by atomic mass is 32.1. The van der Waals surface area contributed by atoms with E-state index in [-0.39, 0.29) is 24.1 Å². The maximum atomic E-state index is 13.6. The van der Waals surface area contributed by atoms with Crippen LogP contribution in [-0.2, 0) is 11.2 Å². The van der Waals surface area contributed by atoms with Crippen LogP contribution in [0.4, 0.5) is 4.39 Å². The number of carbonyl (C=O) groups is 1. The SMILES string of the molecule is COc1ccc(CC(=O)NC(C)c2cc(C)sc2C)cc1F. The van der Waals surface area contributed by atoms with E-state index in [0.717, 1.165) is 5.56 Å². The molecule has 1 aromatic heterocycles. The lowest BCUT2D eigenvalue weighted by Gasteiger charge is -2.14. The minimum absolute atomic E-state index is 0.0551. The molecule has 0 bridgehead atoms. The average Bonchev–Trinajstić information content (AvgIpc) is 2.78. The second-order valence-electron chi connectivity index (χ2n) is 5.30. The van der Waals surface area contributed by atoms with Crippen LogP contribution in [0.2, 0.25) is 0 Å². The lowest BCUT2D eigenvalue weighted by Crippen LogP contribution is -2.28. The van der Waals surface area contributed by atoms with Crippen molar-refractivity contribution >= 4 is 17.2 Å². The molecular weight excluding hydrogens is 301 g/mol. The van der Waals surface area contributed by atoms with Gasteiger partial charge in [-0.25, -0.2) is 4.39 Å². The summed E-state index contributed by atoms with van der Waals surface area (Å²) in [6.45, 7) is 6.06. The van der Waals surface area contributed by atoms with E-state index in [4.69, 9.17) is 4.74 Å². The Morgan fingerprint density at radius 1 is 1.36 bits per heavy atom. The minimum Gasteiger partial charge on any atom is -0.494 e. The number of hydrogen-bond donors (Lipinski definition) is 1. The Labute approximate surface area is 134 Å². The molecule has 1 amide bonds. The number of halogens is 1. The highest BCUT2D eigenvalue weighted by molar-refractivity contribution is 7.12. The van der Waals surface area contributed by atoms with E-state index >= 15 is 0 Å². The van der Waals surface area contributed by atoms with Crippen LogP contribution in [0.5, 0.6) is 5.75 Å². The summed E-state index contributed by atoms with van der Waals surface area (Å²) in [6.07, 6.45) is 0.146. The Kier molecular flexibility index (Phi) is 5.19. The maximum Gasteiger partial charge on any atom is 0.224 e. The van der Waals surface area contributed by atoms with Gasteiger partial charge in [0.2, 0.25) is 5.91 Å². The molecule has 22 heavy (non-hydrogen) atoms. The normalized spacial score (nSPS) is 12.0. The lowest BCUT2D eigenvalue weighted by atomic mass is 10.1. The van der Waals surface area contributed by atoms with Crippen molar-refractivity contribution in [1.82, 2.24) is 5.32 Å². The first-order chi connectivity index (χ1) is 10.4. The number of thiophene rings is 1. The molecule has 118 valence electrons. The zero-order valence-electron chi connectivity index (χ0n) is 13.2. The quantitative estimate of drug-likeness (QED) is 0.906. The molecule has 0 radical (unpaired) electrons. The standard InChI is InChI=1S/C17H20FNO2S/c1-10-7-14(12(3)22-10)11(2)19-17(20)9-13-5-6-16(21-4)15(18)8-13/h5-8,11H,9H2,1-4H3,(H,19,20). The van der Waals surface area contributed by atoms with Gasteiger partial charge in [-0.1, -0.05) is 6.07 Å². The first-order valence-corrected chi connectivity index (χ1v) is 7.91. The van der Waals surface area contributed by atoms with Gasteiger partial charge in [0.15, 0.2) is 11.6 Å². The van der Waals surface area contributed by atoms with Crippen LogP contribution in [-0.4, -0.2) is 13.0 Å². The van der Waals surface area contributed by atoms with Gasteiger partial charge in [0.1, 0.15) is 0 Å². The highest BCUT2D eigenvalue weighted by Crippen LogP contribution is 2.26. The Morgan fingerprint density at radius 3 is 2.64 bits per heavy atom. The molecule has 2 rings (SSSR count). The van der Waals surface area contributed by atoms with E-state index in [9.17, 15) is 9.18 Å². The topological polar surface area (TPSA) is 38.3 Å². The molecule has 1 unspecified atom stereocenters. The fourth-order valence-electron chi connectivity index (χ4n) is 2.46. The molecule has 0 aliphatic heterocycles. The van der Waals surface area contributed by atoms with E-state index in [1.807, 2.05) is 6.92 Å². The van der Waals surface area contributed by atoms with Gasteiger partial charge in [-0.05, 0) is 50.1 Å². The smallest absolute Gasteiger partial charge is 0.224 e. The van der Waals surface area contributed by atoms with Crippen molar-refractivity contribution in [3.8, 4) is 5.75 Å². The number of carbonyl (C=O) groups excluding carboxylic acids is 1.